The Labute approximate surface area is 175 Å². The summed E-state index contributed by atoms with van der Waals surface area (Å²) in [6, 6.07) is 16.2. The molecule has 4 rings (SSSR count). The third-order valence-corrected chi connectivity index (χ3v) is 7.54. The number of benzene rings is 2. The van der Waals surface area contributed by atoms with Gasteiger partial charge in [-0.05, 0) is 72.9 Å². The minimum Gasteiger partial charge on any atom is -0.416 e. The zero-order valence-corrected chi connectivity index (χ0v) is 18.4. The van der Waals surface area contributed by atoms with Crippen LogP contribution >= 0.6 is 7.60 Å². The smallest absolute Gasteiger partial charge is 0.416 e. The van der Waals surface area contributed by atoms with Gasteiger partial charge in [0, 0.05) is 0 Å². The molecule has 0 aliphatic heterocycles. The number of hydrogen-bond acceptors (Lipinski definition) is 3. The minimum atomic E-state index is -3.23. The van der Waals surface area contributed by atoms with Gasteiger partial charge in [0.15, 0.2) is 0 Å². The van der Waals surface area contributed by atoms with E-state index in [0.717, 1.165) is 0 Å². The lowest BCUT2D eigenvalue weighted by atomic mass is 9.84. The highest BCUT2D eigenvalue weighted by atomic mass is 31.2. The fraction of sp³-hybridized carbons (Fsp3) is 0.520. The third kappa shape index (κ3) is 5.66. The van der Waals surface area contributed by atoms with Crippen molar-refractivity contribution in [2.75, 3.05) is 6.66 Å². The van der Waals surface area contributed by atoms with E-state index in [1.54, 1.807) is 0 Å². The summed E-state index contributed by atoms with van der Waals surface area (Å²) in [5.74, 6) is 2.53. The maximum Gasteiger partial charge on any atom is 0.427 e. The molecular weight excluding hydrogens is 379 g/mol. The first-order valence-electron chi connectivity index (χ1n) is 11.3. The highest BCUT2D eigenvalue weighted by Crippen LogP contribution is 2.45. The standard InChI is InChI=1S/C25H33O3P/c1-29(26,27-24-16-12-22(13-17-24)20-8-4-2-5-9-20)28-25-18-14-23(15-19-25)21-10-6-3-7-11-21/h12-21H,2-11H2,1H3. The molecule has 0 radical (unpaired) electrons. The van der Waals surface area contributed by atoms with Crippen molar-refractivity contribution in [2.45, 2.75) is 76.0 Å². The summed E-state index contributed by atoms with van der Waals surface area (Å²) in [5, 5.41) is 0. The van der Waals surface area contributed by atoms with Crippen LogP contribution in [0.2, 0.25) is 0 Å². The van der Waals surface area contributed by atoms with E-state index < -0.39 is 7.60 Å². The predicted molar refractivity (Wildman–Crippen MR) is 119 cm³/mol. The summed E-state index contributed by atoms with van der Waals surface area (Å²) in [6.07, 6.45) is 13.1. The average Bonchev–Trinajstić information content (AvgIpc) is 2.75. The quantitative estimate of drug-likeness (QED) is 0.450. The molecule has 0 atom stereocenters. The molecule has 0 saturated heterocycles. The van der Waals surface area contributed by atoms with Gasteiger partial charge in [0.2, 0.25) is 0 Å². The van der Waals surface area contributed by atoms with Crippen molar-refractivity contribution < 1.29 is 13.6 Å². The molecular formula is C25H33O3P. The monoisotopic (exact) mass is 412 g/mol. The van der Waals surface area contributed by atoms with Crippen LogP contribution in [0.1, 0.15) is 87.2 Å². The normalized spacial score (nSPS) is 19.1. The van der Waals surface area contributed by atoms with Crippen LogP contribution in [0.4, 0.5) is 0 Å². The molecule has 0 amide bonds. The summed E-state index contributed by atoms with van der Waals surface area (Å²) in [6.45, 7) is 1.54. The van der Waals surface area contributed by atoms with Gasteiger partial charge in [-0.25, -0.2) is 4.57 Å². The number of hydrogen-bond donors (Lipinski definition) is 0. The molecule has 2 aromatic carbocycles. The van der Waals surface area contributed by atoms with Gasteiger partial charge in [0.25, 0.3) is 0 Å². The van der Waals surface area contributed by atoms with Crippen molar-refractivity contribution >= 4 is 7.60 Å². The second-order valence-electron chi connectivity index (χ2n) is 8.76. The SMILES string of the molecule is CP(=O)(Oc1ccc(C2CCCCC2)cc1)Oc1ccc(C2CCCCC2)cc1. The minimum absolute atomic E-state index is 0.606. The Bertz CT molecular complexity index is 749. The zero-order chi connectivity index (χ0) is 20.1. The Balaban J connectivity index is 1.35. The van der Waals surface area contributed by atoms with E-state index in [1.807, 2.05) is 24.3 Å². The molecule has 156 valence electrons. The van der Waals surface area contributed by atoms with Gasteiger partial charge in [-0.15, -0.1) is 0 Å². The first kappa shape index (κ1) is 20.5. The van der Waals surface area contributed by atoms with Crippen molar-refractivity contribution in [3.8, 4) is 11.5 Å². The maximum absolute atomic E-state index is 12.9. The predicted octanol–water partition coefficient (Wildman–Crippen LogP) is 8.06. The van der Waals surface area contributed by atoms with Crippen molar-refractivity contribution in [2.24, 2.45) is 0 Å². The Morgan fingerprint density at radius 1 is 0.621 bits per heavy atom. The molecule has 2 saturated carbocycles. The van der Waals surface area contributed by atoms with Crippen LogP contribution in [0.3, 0.4) is 0 Å². The lowest BCUT2D eigenvalue weighted by Crippen LogP contribution is -2.05. The second-order valence-corrected chi connectivity index (χ2v) is 10.7. The summed E-state index contributed by atoms with van der Waals surface area (Å²) in [7, 11) is -3.23. The van der Waals surface area contributed by atoms with Crippen LogP contribution < -0.4 is 9.05 Å². The van der Waals surface area contributed by atoms with Crippen molar-refractivity contribution in [3.63, 3.8) is 0 Å². The summed E-state index contributed by atoms with van der Waals surface area (Å²) in [4.78, 5) is 0. The molecule has 2 aliphatic carbocycles. The topological polar surface area (TPSA) is 35.5 Å². The second kappa shape index (κ2) is 9.39. The van der Waals surface area contributed by atoms with Crippen molar-refractivity contribution in [3.05, 3.63) is 59.7 Å². The van der Waals surface area contributed by atoms with Crippen molar-refractivity contribution in [1.82, 2.24) is 0 Å². The molecule has 2 aromatic rings. The fourth-order valence-corrected chi connectivity index (χ4v) is 5.92. The highest BCUT2D eigenvalue weighted by molar-refractivity contribution is 7.53. The molecule has 2 aliphatic rings. The van der Waals surface area contributed by atoms with Gasteiger partial charge in [-0.2, -0.15) is 0 Å². The van der Waals surface area contributed by atoms with E-state index in [2.05, 4.69) is 24.3 Å². The molecule has 4 heteroatoms. The molecule has 0 heterocycles. The lowest BCUT2D eigenvalue weighted by Gasteiger charge is -2.23. The van der Waals surface area contributed by atoms with Gasteiger partial charge >= 0.3 is 7.60 Å². The Hall–Kier alpha value is -1.73. The van der Waals surface area contributed by atoms with Gasteiger partial charge < -0.3 is 9.05 Å². The maximum atomic E-state index is 12.9. The van der Waals surface area contributed by atoms with Gasteiger partial charge in [0.05, 0.1) is 6.66 Å². The van der Waals surface area contributed by atoms with E-state index in [4.69, 9.17) is 9.05 Å². The average molecular weight is 413 g/mol. The Morgan fingerprint density at radius 3 is 1.31 bits per heavy atom. The molecule has 29 heavy (non-hydrogen) atoms. The highest BCUT2D eigenvalue weighted by Gasteiger charge is 2.22. The first-order chi connectivity index (χ1) is 14.1. The van der Waals surface area contributed by atoms with Crippen LogP contribution in [0, 0.1) is 0 Å². The molecule has 0 N–H and O–H groups in total. The summed E-state index contributed by atoms with van der Waals surface area (Å²) >= 11 is 0. The van der Waals surface area contributed by atoms with Gasteiger partial charge in [-0.1, -0.05) is 62.8 Å². The van der Waals surface area contributed by atoms with Crippen LogP contribution in [0.5, 0.6) is 11.5 Å². The number of rotatable bonds is 6. The molecule has 0 aromatic heterocycles. The van der Waals surface area contributed by atoms with Crippen LogP contribution in [-0.4, -0.2) is 6.66 Å². The van der Waals surface area contributed by atoms with E-state index in [0.29, 0.717) is 23.3 Å². The van der Waals surface area contributed by atoms with Crippen LogP contribution in [0.25, 0.3) is 0 Å². The largest absolute Gasteiger partial charge is 0.427 e. The summed E-state index contributed by atoms with van der Waals surface area (Å²) in [5.41, 5.74) is 2.73. The van der Waals surface area contributed by atoms with Gasteiger partial charge in [0.1, 0.15) is 11.5 Å². The molecule has 3 nitrogen and oxygen atoms in total. The third-order valence-electron chi connectivity index (χ3n) is 6.46. The fourth-order valence-electron chi connectivity index (χ4n) is 4.88. The first-order valence-corrected chi connectivity index (χ1v) is 13.2. The van der Waals surface area contributed by atoms with Gasteiger partial charge in [-0.3, -0.25) is 0 Å². The van der Waals surface area contributed by atoms with E-state index in [9.17, 15) is 4.57 Å². The van der Waals surface area contributed by atoms with Crippen LogP contribution in [-0.2, 0) is 4.57 Å². The zero-order valence-electron chi connectivity index (χ0n) is 17.5. The molecule has 2 fully saturated rings. The molecule has 0 bridgehead atoms. The molecule has 0 spiro atoms. The summed E-state index contributed by atoms with van der Waals surface area (Å²) < 4.78 is 24.3. The van der Waals surface area contributed by atoms with E-state index in [1.165, 1.54) is 82.0 Å². The van der Waals surface area contributed by atoms with E-state index >= 15 is 0 Å². The van der Waals surface area contributed by atoms with Crippen LogP contribution in [0.15, 0.2) is 48.5 Å². The van der Waals surface area contributed by atoms with E-state index in [-0.39, 0.29) is 0 Å². The Morgan fingerprint density at radius 2 is 0.966 bits per heavy atom. The Kier molecular flexibility index (Phi) is 6.65. The van der Waals surface area contributed by atoms with Crippen molar-refractivity contribution in [1.29, 1.82) is 0 Å². The molecule has 0 unspecified atom stereocenters. The lowest BCUT2D eigenvalue weighted by molar-refractivity contribution is 0.393.